The zero-order valence-corrected chi connectivity index (χ0v) is 16.9. The van der Waals surface area contributed by atoms with E-state index in [2.05, 4.69) is 4.99 Å². The normalized spacial score (nSPS) is 15.0. The first-order chi connectivity index (χ1) is 14.0. The van der Waals surface area contributed by atoms with Gasteiger partial charge in [0.25, 0.3) is 5.91 Å². The number of benzene rings is 3. The van der Waals surface area contributed by atoms with Crippen LogP contribution in [-0.4, -0.2) is 18.9 Å². The molecule has 0 unspecified atom stereocenters. The van der Waals surface area contributed by atoms with Crippen LogP contribution in [-0.2, 0) is 4.79 Å². The van der Waals surface area contributed by atoms with Crippen LogP contribution in [0, 0.1) is 6.92 Å². The van der Waals surface area contributed by atoms with E-state index >= 15 is 0 Å². The Labute approximate surface area is 174 Å². The number of aliphatic imine (C=N–C) groups is 1. The number of anilines is 1. The summed E-state index contributed by atoms with van der Waals surface area (Å²) >= 11 is 5.97. The van der Waals surface area contributed by atoms with Crippen LogP contribution in [0.3, 0.4) is 0 Å². The minimum Gasteiger partial charge on any atom is -0.497 e. The number of ether oxygens (including phenoxy) is 1. The summed E-state index contributed by atoms with van der Waals surface area (Å²) in [5.41, 5.74) is 3.92. The highest BCUT2D eigenvalue weighted by Gasteiger charge is 2.32. The average Bonchev–Trinajstić information content (AvgIpc) is 3.06. The SMILES string of the molecule is COc1ccc(C2=N/C(=C/c3ccc(Cl)cc3)C(=O)N2c2cccc(C)c2)cc1. The van der Waals surface area contributed by atoms with Gasteiger partial charge in [0.15, 0.2) is 0 Å². The summed E-state index contributed by atoms with van der Waals surface area (Å²) in [6, 6.07) is 22.6. The molecule has 3 aromatic carbocycles. The highest BCUT2D eigenvalue weighted by molar-refractivity contribution is 6.33. The lowest BCUT2D eigenvalue weighted by Crippen LogP contribution is -2.32. The molecule has 1 aliphatic rings. The second-order valence-corrected chi connectivity index (χ2v) is 7.16. The Bertz CT molecular complexity index is 1120. The van der Waals surface area contributed by atoms with Crippen molar-refractivity contribution in [2.24, 2.45) is 4.99 Å². The zero-order chi connectivity index (χ0) is 20.4. The molecule has 3 aromatic rings. The largest absolute Gasteiger partial charge is 0.497 e. The van der Waals surface area contributed by atoms with Crippen LogP contribution in [0.4, 0.5) is 5.69 Å². The molecule has 1 aliphatic heterocycles. The van der Waals surface area contributed by atoms with Crippen LogP contribution in [0.1, 0.15) is 16.7 Å². The summed E-state index contributed by atoms with van der Waals surface area (Å²) < 4.78 is 5.25. The molecular weight excluding hydrogens is 384 g/mol. The Morgan fingerprint density at radius 2 is 1.72 bits per heavy atom. The molecule has 0 bridgehead atoms. The summed E-state index contributed by atoms with van der Waals surface area (Å²) in [6.07, 6.45) is 1.78. The van der Waals surface area contributed by atoms with E-state index in [4.69, 9.17) is 16.3 Å². The number of carbonyl (C=O) groups is 1. The second kappa shape index (κ2) is 7.94. The monoisotopic (exact) mass is 402 g/mol. The molecule has 0 spiro atoms. The van der Waals surface area contributed by atoms with Gasteiger partial charge in [-0.15, -0.1) is 0 Å². The number of halogens is 1. The van der Waals surface area contributed by atoms with Crippen LogP contribution in [0.15, 0.2) is 83.5 Å². The van der Waals surface area contributed by atoms with E-state index < -0.39 is 0 Å². The van der Waals surface area contributed by atoms with Gasteiger partial charge in [-0.3, -0.25) is 9.69 Å². The van der Waals surface area contributed by atoms with E-state index in [9.17, 15) is 4.79 Å². The third-order valence-corrected chi connectivity index (χ3v) is 4.89. The fraction of sp³-hybridized carbons (Fsp3) is 0.0833. The lowest BCUT2D eigenvalue weighted by atomic mass is 10.1. The van der Waals surface area contributed by atoms with Gasteiger partial charge in [0.2, 0.25) is 0 Å². The number of methoxy groups -OCH3 is 1. The van der Waals surface area contributed by atoms with Gasteiger partial charge < -0.3 is 4.74 Å². The molecule has 1 heterocycles. The van der Waals surface area contributed by atoms with Crippen molar-refractivity contribution < 1.29 is 9.53 Å². The van der Waals surface area contributed by atoms with E-state index in [1.54, 1.807) is 30.2 Å². The number of amidine groups is 1. The van der Waals surface area contributed by atoms with Gasteiger partial charge in [-0.2, -0.15) is 0 Å². The molecule has 5 heteroatoms. The number of hydrogen-bond donors (Lipinski definition) is 0. The predicted molar refractivity (Wildman–Crippen MR) is 118 cm³/mol. The Kier molecular flexibility index (Phi) is 5.19. The average molecular weight is 403 g/mol. The van der Waals surface area contributed by atoms with E-state index in [0.717, 1.165) is 28.1 Å². The van der Waals surface area contributed by atoms with E-state index in [-0.39, 0.29) is 5.91 Å². The summed E-state index contributed by atoms with van der Waals surface area (Å²) in [6.45, 7) is 2.00. The van der Waals surface area contributed by atoms with Crippen molar-refractivity contribution in [3.8, 4) is 5.75 Å². The number of nitrogens with zero attached hydrogens (tertiary/aromatic N) is 2. The Morgan fingerprint density at radius 1 is 1.00 bits per heavy atom. The molecule has 0 N–H and O–H groups in total. The second-order valence-electron chi connectivity index (χ2n) is 6.72. The lowest BCUT2D eigenvalue weighted by Gasteiger charge is -2.19. The first kappa shape index (κ1) is 19.0. The molecule has 0 atom stereocenters. The third kappa shape index (κ3) is 3.93. The molecule has 0 saturated carbocycles. The smallest absolute Gasteiger partial charge is 0.282 e. The molecule has 4 rings (SSSR count). The summed E-state index contributed by atoms with van der Waals surface area (Å²) in [7, 11) is 1.62. The fourth-order valence-corrected chi connectivity index (χ4v) is 3.30. The lowest BCUT2D eigenvalue weighted by molar-refractivity contribution is -0.113. The molecule has 1 amide bonds. The van der Waals surface area contributed by atoms with Crippen molar-refractivity contribution in [1.82, 2.24) is 0 Å². The fourth-order valence-electron chi connectivity index (χ4n) is 3.17. The van der Waals surface area contributed by atoms with Crippen LogP contribution in [0.5, 0.6) is 5.75 Å². The molecule has 0 aromatic heterocycles. The van der Waals surface area contributed by atoms with Crippen molar-refractivity contribution in [2.45, 2.75) is 6.92 Å². The van der Waals surface area contributed by atoms with Crippen molar-refractivity contribution in [1.29, 1.82) is 0 Å². The van der Waals surface area contributed by atoms with Crippen LogP contribution < -0.4 is 9.64 Å². The Balaban J connectivity index is 1.81. The molecule has 0 saturated heterocycles. The topological polar surface area (TPSA) is 41.9 Å². The number of aryl methyl sites for hydroxylation is 1. The summed E-state index contributed by atoms with van der Waals surface area (Å²) in [5.74, 6) is 1.16. The maximum Gasteiger partial charge on any atom is 0.282 e. The Morgan fingerprint density at radius 3 is 2.38 bits per heavy atom. The van der Waals surface area contributed by atoms with Crippen LogP contribution in [0.2, 0.25) is 5.02 Å². The van der Waals surface area contributed by atoms with Gasteiger partial charge >= 0.3 is 0 Å². The van der Waals surface area contributed by atoms with Crippen molar-refractivity contribution in [2.75, 3.05) is 12.0 Å². The summed E-state index contributed by atoms with van der Waals surface area (Å²) in [4.78, 5) is 19.6. The van der Waals surface area contributed by atoms with E-state index in [1.807, 2.05) is 67.6 Å². The molecule has 0 fully saturated rings. The molecular formula is C24H19ClN2O2. The van der Waals surface area contributed by atoms with Gasteiger partial charge in [0.05, 0.1) is 12.8 Å². The van der Waals surface area contributed by atoms with Gasteiger partial charge in [-0.25, -0.2) is 4.99 Å². The molecule has 0 aliphatic carbocycles. The number of hydrogen-bond acceptors (Lipinski definition) is 3. The van der Waals surface area contributed by atoms with Crippen molar-refractivity contribution in [3.63, 3.8) is 0 Å². The zero-order valence-electron chi connectivity index (χ0n) is 16.1. The summed E-state index contributed by atoms with van der Waals surface area (Å²) in [5, 5.41) is 0.647. The maximum absolute atomic E-state index is 13.3. The quantitative estimate of drug-likeness (QED) is 0.541. The molecule has 0 radical (unpaired) electrons. The van der Waals surface area contributed by atoms with Crippen molar-refractivity contribution in [3.05, 3.63) is 100 Å². The first-order valence-corrected chi connectivity index (χ1v) is 9.54. The van der Waals surface area contributed by atoms with Gasteiger partial charge in [-0.05, 0) is 72.7 Å². The number of carbonyl (C=O) groups excluding carboxylic acids is 1. The number of rotatable bonds is 4. The van der Waals surface area contributed by atoms with Gasteiger partial charge in [-0.1, -0.05) is 35.9 Å². The van der Waals surface area contributed by atoms with E-state index in [0.29, 0.717) is 16.6 Å². The molecule has 4 nitrogen and oxygen atoms in total. The highest BCUT2D eigenvalue weighted by Crippen LogP contribution is 2.29. The predicted octanol–water partition coefficient (Wildman–Crippen LogP) is 5.49. The third-order valence-electron chi connectivity index (χ3n) is 4.64. The van der Waals surface area contributed by atoms with Crippen molar-refractivity contribution >= 4 is 35.1 Å². The maximum atomic E-state index is 13.3. The standard InChI is InChI=1S/C24H19ClN2O2/c1-16-4-3-5-20(14-16)27-23(18-8-12-21(29-2)13-9-18)26-22(24(27)28)15-17-6-10-19(25)11-7-17/h3-15H,1-2H3/b22-15+. The highest BCUT2D eigenvalue weighted by atomic mass is 35.5. The first-order valence-electron chi connectivity index (χ1n) is 9.16. The minimum atomic E-state index is -0.170. The van der Waals surface area contributed by atoms with Gasteiger partial charge in [0, 0.05) is 10.6 Å². The van der Waals surface area contributed by atoms with E-state index in [1.165, 1.54) is 0 Å². The molecule has 29 heavy (non-hydrogen) atoms. The van der Waals surface area contributed by atoms with Crippen LogP contribution in [0.25, 0.3) is 6.08 Å². The minimum absolute atomic E-state index is 0.170. The number of amides is 1. The van der Waals surface area contributed by atoms with Crippen LogP contribution >= 0.6 is 11.6 Å². The molecule has 144 valence electrons. The van der Waals surface area contributed by atoms with Gasteiger partial charge in [0.1, 0.15) is 17.3 Å². The Hall–Kier alpha value is -3.37.